The molecule has 1 amide bonds. The number of carbonyl (C=O) groups excluding carboxylic acids is 1. The van der Waals surface area contributed by atoms with Gasteiger partial charge in [0.25, 0.3) is 0 Å². The third kappa shape index (κ3) is 5.14. The molecule has 0 radical (unpaired) electrons. The monoisotopic (exact) mass is 617 g/mol. The Kier molecular flexibility index (Phi) is 7.16. The molecule has 8 nitrogen and oxygen atoms in total. The van der Waals surface area contributed by atoms with Crippen LogP contribution in [0.25, 0.3) is 16.7 Å². The molecule has 2 aromatic heterocycles. The molecular formula is C30H25BrClN5O3. The molecule has 10 heteroatoms. The summed E-state index contributed by atoms with van der Waals surface area (Å²) in [5, 5.41) is 13.4. The molecule has 3 aromatic carbocycles. The molecule has 202 valence electrons. The van der Waals surface area contributed by atoms with Crippen LogP contribution < -0.4 is 10.1 Å². The van der Waals surface area contributed by atoms with Gasteiger partial charge in [0.2, 0.25) is 5.91 Å². The minimum absolute atomic E-state index is 0.105. The number of aryl methyl sites for hydroxylation is 1. The third-order valence-corrected chi connectivity index (χ3v) is 7.60. The van der Waals surface area contributed by atoms with Crippen LogP contribution in [0.3, 0.4) is 0 Å². The van der Waals surface area contributed by atoms with Crippen molar-refractivity contribution in [1.82, 2.24) is 20.1 Å². The van der Waals surface area contributed by atoms with E-state index in [4.69, 9.17) is 25.7 Å². The number of hydrogen-bond acceptors (Lipinski definition) is 6. The number of rotatable bonds is 7. The van der Waals surface area contributed by atoms with Gasteiger partial charge in [-0.25, -0.2) is 0 Å². The zero-order chi connectivity index (χ0) is 27.8. The number of aliphatic imine (C=N–C) groups is 1. The fraction of sp³-hybridized carbons (Fsp3) is 0.200. The summed E-state index contributed by atoms with van der Waals surface area (Å²) in [5.74, 6) is 2.67. The molecule has 1 N–H and O–H groups in total. The summed E-state index contributed by atoms with van der Waals surface area (Å²) < 4.78 is 14.4. The molecule has 0 spiro atoms. The lowest BCUT2D eigenvalue weighted by atomic mass is 10.00. The second kappa shape index (κ2) is 10.9. The van der Waals surface area contributed by atoms with Crippen LogP contribution in [-0.2, 0) is 11.2 Å². The van der Waals surface area contributed by atoms with Crippen LogP contribution in [0.4, 0.5) is 0 Å². The Balaban J connectivity index is 1.29. The Hall–Kier alpha value is -3.95. The maximum atomic E-state index is 13.2. The summed E-state index contributed by atoms with van der Waals surface area (Å²) in [7, 11) is 1.63. The van der Waals surface area contributed by atoms with Crippen molar-refractivity contribution in [3.05, 3.63) is 105 Å². The van der Waals surface area contributed by atoms with E-state index in [1.54, 1.807) is 7.11 Å². The lowest BCUT2D eigenvalue weighted by molar-refractivity contribution is -0.121. The van der Waals surface area contributed by atoms with Gasteiger partial charge in [0.15, 0.2) is 5.82 Å². The minimum atomic E-state index is -0.561. The highest BCUT2D eigenvalue weighted by Crippen LogP contribution is 2.34. The Morgan fingerprint density at radius 1 is 1.10 bits per heavy atom. The molecule has 1 unspecified atom stereocenters. The van der Waals surface area contributed by atoms with Crippen molar-refractivity contribution in [2.45, 2.75) is 25.8 Å². The summed E-state index contributed by atoms with van der Waals surface area (Å²) in [6.45, 7) is 2.32. The first-order valence-corrected chi connectivity index (χ1v) is 14.0. The highest BCUT2D eigenvalue weighted by atomic mass is 79.9. The number of benzene rings is 3. The topological polar surface area (TPSA) is 94.5 Å². The number of hydrogen-bond donors (Lipinski definition) is 1. The molecular weight excluding hydrogens is 594 g/mol. The van der Waals surface area contributed by atoms with Gasteiger partial charge in [-0.1, -0.05) is 39.7 Å². The van der Waals surface area contributed by atoms with Crippen molar-refractivity contribution >= 4 is 50.1 Å². The van der Waals surface area contributed by atoms with Crippen molar-refractivity contribution in [2.24, 2.45) is 4.99 Å². The van der Waals surface area contributed by atoms with Gasteiger partial charge in [-0.3, -0.25) is 14.4 Å². The molecule has 3 heterocycles. The fourth-order valence-corrected chi connectivity index (χ4v) is 5.45. The number of fused-ring (bicyclic) bond motifs is 4. The van der Waals surface area contributed by atoms with Crippen LogP contribution in [-0.4, -0.2) is 40.0 Å². The Morgan fingerprint density at radius 3 is 2.73 bits per heavy atom. The molecule has 1 atom stereocenters. The van der Waals surface area contributed by atoms with Gasteiger partial charge in [-0.15, -0.1) is 10.2 Å². The summed E-state index contributed by atoms with van der Waals surface area (Å²) in [6.07, 6.45) is 0.677. The molecule has 5 aromatic rings. The quantitative estimate of drug-likeness (QED) is 0.228. The summed E-state index contributed by atoms with van der Waals surface area (Å²) >= 11 is 9.67. The Labute approximate surface area is 244 Å². The van der Waals surface area contributed by atoms with Crippen molar-refractivity contribution in [2.75, 3.05) is 13.7 Å². The van der Waals surface area contributed by atoms with Crippen LogP contribution in [0.15, 0.2) is 80.6 Å². The van der Waals surface area contributed by atoms with Gasteiger partial charge in [0, 0.05) is 39.0 Å². The molecule has 0 bridgehead atoms. The number of ether oxygens (including phenoxy) is 1. The summed E-state index contributed by atoms with van der Waals surface area (Å²) in [4.78, 5) is 18.3. The Bertz CT molecular complexity index is 1760. The van der Waals surface area contributed by atoms with E-state index < -0.39 is 6.04 Å². The van der Waals surface area contributed by atoms with Crippen LogP contribution in [0.2, 0.25) is 5.02 Å². The molecule has 0 saturated carbocycles. The SMILES string of the molecule is COc1ccc2c(c1)C(c1ccc(Cl)cc1)=NC(CC(=O)NCCc1cc3cc(Br)ccc3o1)c1nnc(C)n1-2. The third-order valence-electron chi connectivity index (χ3n) is 6.85. The van der Waals surface area contributed by atoms with E-state index in [-0.39, 0.29) is 12.3 Å². The van der Waals surface area contributed by atoms with Crippen LogP contribution in [0, 0.1) is 6.92 Å². The van der Waals surface area contributed by atoms with E-state index in [1.165, 1.54) is 0 Å². The second-order valence-electron chi connectivity index (χ2n) is 9.52. The maximum absolute atomic E-state index is 13.2. The summed E-state index contributed by atoms with van der Waals surface area (Å²) in [6, 6.07) is 20.6. The number of nitrogens with zero attached hydrogens (tertiary/aromatic N) is 4. The van der Waals surface area contributed by atoms with Gasteiger partial charge in [0.1, 0.15) is 29.0 Å². The zero-order valence-electron chi connectivity index (χ0n) is 21.8. The fourth-order valence-electron chi connectivity index (χ4n) is 4.94. The number of methoxy groups -OCH3 is 1. The number of halogens is 2. The van der Waals surface area contributed by atoms with Gasteiger partial charge in [0.05, 0.1) is 24.9 Å². The largest absolute Gasteiger partial charge is 0.497 e. The van der Waals surface area contributed by atoms with E-state index in [2.05, 4.69) is 31.4 Å². The average molecular weight is 619 g/mol. The van der Waals surface area contributed by atoms with Crippen LogP contribution >= 0.6 is 27.5 Å². The van der Waals surface area contributed by atoms with E-state index in [0.717, 1.165) is 43.7 Å². The first-order valence-electron chi connectivity index (χ1n) is 12.8. The lowest BCUT2D eigenvalue weighted by Crippen LogP contribution is -2.27. The Morgan fingerprint density at radius 2 is 1.93 bits per heavy atom. The zero-order valence-corrected chi connectivity index (χ0v) is 24.2. The van der Waals surface area contributed by atoms with Gasteiger partial charge < -0.3 is 14.5 Å². The predicted molar refractivity (Wildman–Crippen MR) is 158 cm³/mol. The van der Waals surface area contributed by atoms with Crippen LogP contribution in [0.5, 0.6) is 5.75 Å². The van der Waals surface area contributed by atoms with Crippen LogP contribution in [0.1, 0.15) is 41.0 Å². The highest BCUT2D eigenvalue weighted by molar-refractivity contribution is 9.10. The predicted octanol–water partition coefficient (Wildman–Crippen LogP) is 6.39. The van der Waals surface area contributed by atoms with Crippen molar-refractivity contribution in [3.8, 4) is 11.4 Å². The van der Waals surface area contributed by atoms with Crippen molar-refractivity contribution in [1.29, 1.82) is 0 Å². The molecule has 0 saturated heterocycles. The summed E-state index contributed by atoms with van der Waals surface area (Å²) in [5.41, 5.74) is 4.13. The van der Waals surface area contributed by atoms with Gasteiger partial charge in [-0.05, 0) is 61.5 Å². The number of aromatic nitrogens is 3. The lowest BCUT2D eigenvalue weighted by Gasteiger charge is -2.14. The van der Waals surface area contributed by atoms with E-state index >= 15 is 0 Å². The normalized spacial score (nSPS) is 14.3. The number of carbonyl (C=O) groups is 1. The molecule has 6 rings (SSSR count). The van der Waals surface area contributed by atoms with E-state index in [0.29, 0.717) is 35.4 Å². The van der Waals surface area contributed by atoms with Crippen molar-refractivity contribution < 1.29 is 13.9 Å². The van der Waals surface area contributed by atoms with E-state index in [9.17, 15) is 4.79 Å². The van der Waals surface area contributed by atoms with E-state index in [1.807, 2.05) is 78.2 Å². The minimum Gasteiger partial charge on any atom is -0.497 e. The van der Waals surface area contributed by atoms with Crippen molar-refractivity contribution in [3.63, 3.8) is 0 Å². The number of amides is 1. The van der Waals surface area contributed by atoms with Gasteiger partial charge >= 0.3 is 0 Å². The molecule has 1 aliphatic heterocycles. The average Bonchev–Trinajstić information content (AvgIpc) is 3.50. The van der Waals surface area contributed by atoms with Gasteiger partial charge in [-0.2, -0.15) is 0 Å². The second-order valence-corrected chi connectivity index (χ2v) is 10.9. The molecule has 0 fully saturated rings. The molecule has 1 aliphatic rings. The number of nitrogens with one attached hydrogen (secondary N) is 1. The first-order chi connectivity index (χ1) is 19.4. The smallest absolute Gasteiger partial charge is 0.222 e. The highest BCUT2D eigenvalue weighted by Gasteiger charge is 2.30. The number of furan rings is 1. The first kappa shape index (κ1) is 26.3. The molecule has 40 heavy (non-hydrogen) atoms. The standard InChI is InChI=1S/C30H25BrClN5O3/c1-17-35-36-30-25(16-28(38)33-12-11-23-14-19-13-20(31)5-10-27(19)40-23)34-29(18-3-6-21(32)7-4-18)24-15-22(39-2)8-9-26(24)37(17)30/h3-10,13-15,25H,11-12,16H2,1-2H3,(H,33,38). The maximum Gasteiger partial charge on any atom is 0.222 e. The molecule has 0 aliphatic carbocycles.